The molecule has 1 aromatic carbocycles. The first-order valence-corrected chi connectivity index (χ1v) is 10.8. The molecule has 1 saturated heterocycles. The van der Waals surface area contributed by atoms with E-state index in [1.807, 2.05) is 6.92 Å². The highest BCUT2D eigenvalue weighted by atomic mass is 32.2. The fourth-order valence-corrected chi connectivity index (χ4v) is 4.86. The Morgan fingerprint density at radius 2 is 1.85 bits per heavy atom. The average Bonchev–Trinajstić information content (AvgIpc) is 3.10. The molecular formula is C18H30N3O4S+. The van der Waals surface area contributed by atoms with Crippen LogP contribution in [0, 0.1) is 0 Å². The third kappa shape index (κ3) is 4.96. The Bertz CT molecular complexity index is 711. The monoisotopic (exact) mass is 384 g/mol. The summed E-state index contributed by atoms with van der Waals surface area (Å²) in [5, 5.41) is 2.83. The van der Waals surface area contributed by atoms with Crippen LogP contribution in [0.15, 0.2) is 23.1 Å². The van der Waals surface area contributed by atoms with E-state index in [1.165, 1.54) is 15.3 Å². The maximum atomic E-state index is 12.9. The van der Waals surface area contributed by atoms with E-state index in [9.17, 15) is 13.2 Å². The summed E-state index contributed by atoms with van der Waals surface area (Å²) >= 11 is 0. The van der Waals surface area contributed by atoms with Gasteiger partial charge in [-0.15, -0.1) is 0 Å². The van der Waals surface area contributed by atoms with Crippen LogP contribution in [0.3, 0.4) is 0 Å². The summed E-state index contributed by atoms with van der Waals surface area (Å²) in [6.07, 6.45) is 2.30. The van der Waals surface area contributed by atoms with Crippen LogP contribution in [-0.4, -0.2) is 58.0 Å². The first-order chi connectivity index (χ1) is 12.4. The molecule has 26 heavy (non-hydrogen) atoms. The molecule has 1 aromatic rings. The molecule has 1 heterocycles. The fourth-order valence-electron chi connectivity index (χ4n) is 3.25. The van der Waals surface area contributed by atoms with E-state index in [1.54, 1.807) is 26.0 Å². The second-order valence-electron chi connectivity index (χ2n) is 6.37. The Morgan fingerprint density at radius 3 is 2.42 bits per heavy atom. The quantitative estimate of drug-likeness (QED) is 0.658. The van der Waals surface area contributed by atoms with E-state index in [-0.39, 0.29) is 10.8 Å². The maximum Gasteiger partial charge on any atom is 0.279 e. The van der Waals surface area contributed by atoms with E-state index in [2.05, 4.69) is 5.32 Å². The predicted molar refractivity (Wildman–Crippen MR) is 101 cm³/mol. The SMILES string of the molecule is CCOc1ccc(NC(=O)C[NH+]2CCCC2)cc1S(=O)(=O)N(CC)CC. The number of likely N-dealkylation sites (tertiary alicyclic amines) is 1. The number of carbonyl (C=O) groups is 1. The van der Waals surface area contributed by atoms with Gasteiger partial charge in [0.1, 0.15) is 10.6 Å². The van der Waals surface area contributed by atoms with E-state index in [4.69, 9.17) is 4.74 Å². The van der Waals surface area contributed by atoms with Crippen LogP contribution in [0.2, 0.25) is 0 Å². The molecule has 8 heteroatoms. The minimum absolute atomic E-state index is 0.0920. The summed E-state index contributed by atoms with van der Waals surface area (Å²) in [6, 6.07) is 4.79. The number of amides is 1. The molecule has 0 aromatic heterocycles. The van der Waals surface area contributed by atoms with Gasteiger partial charge in [0, 0.05) is 31.6 Å². The zero-order valence-electron chi connectivity index (χ0n) is 15.9. The van der Waals surface area contributed by atoms with Gasteiger partial charge < -0.3 is 15.0 Å². The molecule has 0 saturated carbocycles. The second-order valence-corrected chi connectivity index (χ2v) is 8.27. The van der Waals surface area contributed by atoms with Crippen molar-refractivity contribution in [1.82, 2.24) is 4.31 Å². The highest BCUT2D eigenvalue weighted by molar-refractivity contribution is 7.89. The van der Waals surface area contributed by atoms with Gasteiger partial charge in [-0.1, -0.05) is 13.8 Å². The minimum atomic E-state index is -3.68. The molecule has 1 amide bonds. The van der Waals surface area contributed by atoms with Gasteiger partial charge in [0.15, 0.2) is 6.54 Å². The summed E-state index contributed by atoms with van der Waals surface area (Å²) in [5.41, 5.74) is 0.475. The van der Waals surface area contributed by atoms with Crippen molar-refractivity contribution < 1.29 is 22.8 Å². The largest absolute Gasteiger partial charge is 0.492 e. The van der Waals surface area contributed by atoms with Gasteiger partial charge in [-0.3, -0.25) is 4.79 Å². The molecule has 0 unspecified atom stereocenters. The number of ether oxygens (including phenoxy) is 1. The minimum Gasteiger partial charge on any atom is -0.492 e. The van der Waals surface area contributed by atoms with Crippen LogP contribution < -0.4 is 15.0 Å². The standard InChI is InChI=1S/C18H29N3O4S/c1-4-21(5-2)26(23,24)17-13-15(9-10-16(17)25-6-3)19-18(22)14-20-11-7-8-12-20/h9-10,13H,4-8,11-12,14H2,1-3H3,(H,19,22)/p+1. The number of hydrogen-bond donors (Lipinski definition) is 2. The summed E-state index contributed by atoms with van der Waals surface area (Å²) < 4.78 is 32.8. The van der Waals surface area contributed by atoms with Crippen LogP contribution in [0.5, 0.6) is 5.75 Å². The Labute approximate surface area is 156 Å². The number of carbonyl (C=O) groups excluding carboxylic acids is 1. The zero-order valence-corrected chi connectivity index (χ0v) is 16.7. The summed E-state index contributed by atoms with van der Waals surface area (Å²) in [4.78, 5) is 13.6. The molecule has 1 aliphatic heterocycles. The lowest BCUT2D eigenvalue weighted by atomic mass is 10.3. The molecule has 0 spiro atoms. The van der Waals surface area contributed by atoms with Crippen molar-refractivity contribution >= 4 is 21.6 Å². The average molecular weight is 385 g/mol. The molecule has 0 radical (unpaired) electrons. The number of rotatable bonds is 9. The molecule has 1 fully saturated rings. The molecular weight excluding hydrogens is 354 g/mol. The molecule has 2 rings (SSSR count). The zero-order chi connectivity index (χ0) is 19.2. The van der Waals surface area contributed by atoms with E-state index in [0.29, 0.717) is 37.7 Å². The predicted octanol–water partition coefficient (Wildman–Crippen LogP) is 0.733. The third-order valence-electron chi connectivity index (χ3n) is 4.57. The molecule has 0 bridgehead atoms. The van der Waals surface area contributed by atoms with Gasteiger partial charge in [0.2, 0.25) is 10.0 Å². The van der Waals surface area contributed by atoms with Crippen molar-refractivity contribution in [3.63, 3.8) is 0 Å². The number of nitrogens with one attached hydrogen (secondary N) is 2. The number of anilines is 1. The summed E-state index contributed by atoms with van der Waals surface area (Å²) in [7, 11) is -3.68. The summed E-state index contributed by atoms with van der Waals surface area (Å²) in [6.45, 7) is 8.95. The van der Waals surface area contributed by atoms with Crippen molar-refractivity contribution in [3.8, 4) is 5.75 Å². The van der Waals surface area contributed by atoms with Crippen molar-refractivity contribution in [3.05, 3.63) is 18.2 Å². The van der Waals surface area contributed by atoms with E-state index in [0.717, 1.165) is 25.9 Å². The number of hydrogen-bond acceptors (Lipinski definition) is 4. The van der Waals surface area contributed by atoms with Crippen LogP contribution in [0.1, 0.15) is 33.6 Å². The van der Waals surface area contributed by atoms with E-state index >= 15 is 0 Å². The van der Waals surface area contributed by atoms with Gasteiger partial charge in [-0.25, -0.2) is 8.42 Å². The van der Waals surface area contributed by atoms with Gasteiger partial charge >= 0.3 is 0 Å². The number of benzene rings is 1. The molecule has 146 valence electrons. The van der Waals surface area contributed by atoms with Gasteiger partial charge in [0.05, 0.1) is 19.7 Å². The normalized spacial score (nSPS) is 15.4. The smallest absolute Gasteiger partial charge is 0.279 e. The lowest BCUT2D eigenvalue weighted by Crippen LogP contribution is -3.11. The highest BCUT2D eigenvalue weighted by Crippen LogP contribution is 2.30. The molecule has 0 aliphatic carbocycles. The summed E-state index contributed by atoms with van der Waals surface area (Å²) in [5.74, 6) is 0.208. The molecule has 7 nitrogen and oxygen atoms in total. The number of sulfonamides is 1. The van der Waals surface area contributed by atoms with Crippen molar-refractivity contribution in [2.75, 3.05) is 44.6 Å². The van der Waals surface area contributed by atoms with Crippen LogP contribution >= 0.6 is 0 Å². The van der Waals surface area contributed by atoms with Gasteiger partial charge in [-0.05, 0) is 25.1 Å². The van der Waals surface area contributed by atoms with E-state index < -0.39 is 10.0 Å². The first-order valence-electron chi connectivity index (χ1n) is 9.32. The van der Waals surface area contributed by atoms with Crippen LogP contribution in [0.4, 0.5) is 5.69 Å². The Kier molecular flexibility index (Phi) is 7.43. The van der Waals surface area contributed by atoms with Crippen LogP contribution in [-0.2, 0) is 14.8 Å². The maximum absolute atomic E-state index is 12.9. The molecule has 2 N–H and O–H groups in total. The lowest BCUT2D eigenvalue weighted by Gasteiger charge is -2.21. The molecule has 0 atom stereocenters. The Morgan fingerprint density at radius 1 is 1.19 bits per heavy atom. The van der Waals surface area contributed by atoms with Gasteiger partial charge in [0.25, 0.3) is 5.91 Å². The van der Waals surface area contributed by atoms with Crippen molar-refractivity contribution in [1.29, 1.82) is 0 Å². The third-order valence-corrected chi connectivity index (χ3v) is 6.64. The van der Waals surface area contributed by atoms with Crippen molar-refractivity contribution in [2.24, 2.45) is 0 Å². The lowest BCUT2D eigenvalue weighted by molar-refractivity contribution is -0.878. The second kappa shape index (κ2) is 9.34. The van der Waals surface area contributed by atoms with Crippen molar-refractivity contribution in [2.45, 2.75) is 38.5 Å². The number of quaternary nitrogens is 1. The number of nitrogens with zero attached hydrogens (tertiary/aromatic N) is 1. The first kappa shape index (κ1) is 20.7. The topological polar surface area (TPSA) is 80.1 Å². The Hall–Kier alpha value is -1.64. The van der Waals surface area contributed by atoms with Crippen LogP contribution in [0.25, 0.3) is 0 Å². The Balaban J connectivity index is 2.25. The highest BCUT2D eigenvalue weighted by Gasteiger charge is 2.27. The molecule has 1 aliphatic rings. The van der Waals surface area contributed by atoms with Gasteiger partial charge in [-0.2, -0.15) is 4.31 Å². The fraction of sp³-hybridized carbons (Fsp3) is 0.611.